The molecule has 3 rings (SSSR count). The number of rotatable bonds is 3. The number of ketones is 1. The maximum atomic E-state index is 12.9. The summed E-state index contributed by atoms with van der Waals surface area (Å²) in [6.07, 6.45) is -4.58. The van der Waals surface area contributed by atoms with Gasteiger partial charge in [0.05, 0.1) is 11.5 Å². The number of benzene rings is 2. The highest BCUT2D eigenvalue weighted by Gasteiger charge is 2.55. The topological polar surface area (TPSA) is 71.5 Å². The zero-order valence-electron chi connectivity index (χ0n) is 14.9. The lowest BCUT2D eigenvalue weighted by atomic mass is 9.89. The minimum absolute atomic E-state index is 0.207. The van der Waals surface area contributed by atoms with Gasteiger partial charge in [-0.25, -0.2) is 12.7 Å². The SMILES string of the molecule is Cc1ccc([C@@H]2C(=O)N(C)S(=O)(=O)[C@H]2C(=O)c2ccc(C(F)(F)F)cc2)cc1. The number of nitrogens with zero attached hydrogens (tertiary/aromatic N) is 1. The van der Waals surface area contributed by atoms with Gasteiger partial charge >= 0.3 is 6.18 Å². The molecule has 0 unspecified atom stereocenters. The van der Waals surface area contributed by atoms with Crippen molar-refractivity contribution in [2.45, 2.75) is 24.3 Å². The van der Waals surface area contributed by atoms with Crippen LogP contribution in [0.25, 0.3) is 0 Å². The zero-order valence-corrected chi connectivity index (χ0v) is 15.7. The van der Waals surface area contributed by atoms with Crippen molar-refractivity contribution in [3.63, 3.8) is 0 Å². The van der Waals surface area contributed by atoms with Crippen LogP contribution in [0.4, 0.5) is 13.2 Å². The van der Waals surface area contributed by atoms with Gasteiger partial charge in [0.2, 0.25) is 15.9 Å². The molecule has 0 aromatic heterocycles. The summed E-state index contributed by atoms with van der Waals surface area (Å²) in [6.45, 7) is 1.81. The van der Waals surface area contributed by atoms with E-state index in [1.54, 1.807) is 24.3 Å². The van der Waals surface area contributed by atoms with Gasteiger partial charge in [0.25, 0.3) is 0 Å². The Morgan fingerprint density at radius 1 is 1.00 bits per heavy atom. The highest BCUT2D eigenvalue weighted by molar-refractivity contribution is 7.91. The zero-order chi connectivity index (χ0) is 20.9. The first-order chi connectivity index (χ1) is 12.9. The molecule has 1 fully saturated rings. The number of carbonyl (C=O) groups excluding carboxylic acids is 2. The van der Waals surface area contributed by atoms with Crippen LogP contribution in [0.3, 0.4) is 0 Å². The van der Waals surface area contributed by atoms with Crippen LogP contribution in [0.5, 0.6) is 0 Å². The largest absolute Gasteiger partial charge is 0.416 e. The second-order valence-corrected chi connectivity index (χ2v) is 8.68. The molecule has 1 saturated heterocycles. The van der Waals surface area contributed by atoms with Gasteiger partial charge in [-0.05, 0) is 24.6 Å². The standard InChI is InChI=1S/C19H16F3NO4S/c1-11-3-5-12(6-4-11)15-17(28(26,27)23(2)18(15)25)16(24)13-7-9-14(10-8-13)19(20,21)22/h3-10,15,17H,1-2H3/t15-,17+/m0/s1. The molecule has 9 heteroatoms. The first kappa shape index (κ1) is 20.1. The molecule has 1 heterocycles. The quantitative estimate of drug-likeness (QED) is 0.728. The van der Waals surface area contributed by atoms with Crippen LogP contribution in [0.2, 0.25) is 0 Å². The predicted molar refractivity (Wildman–Crippen MR) is 95.2 cm³/mol. The number of amides is 1. The van der Waals surface area contributed by atoms with Crippen LogP contribution < -0.4 is 0 Å². The van der Waals surface area contributed by atoms with Crippen LogP contribution >= 0.6 is 0 Å². The summed E-state index contributed by atoms with van der Waals surface area (Å²) in [4.78, 5) is 25.5. The number of Topliss-reactive ketones (excluding diaryl/α,β-unsaturated/α-hetero) is 1. The van der Waals surface area contributed by atoms with Gasteiger partial charge in [0.15, 0.2) is 11.0 Å². The number of halogens is 3. The normalized spacial score (nSPS) is 21.8. The third-order valence-corrected chi connectivity index (χ3v) is 6.84. The van der Waals surface area contributed by atoms with Gasteiger partial charge in [-0.2, -0.15) is 13.2 Å². The molecule has 5 nitrogen and oxygen atoms in total. The summed E-state index contributed by atoms with van der Waals surface area (Å²) in [5, 5.41) is -1.73. The molecule has 2 aromatic rings. The highest BCUT2D eigenvalue weighted by atomic mass is 32.2. The highest BCUT2D eigenvalue weighted by Crippen LogP contribution is 2.38. The molecule has 0 radical (unpaired) electrons. The Morgan fingerprint density at radius 3 is 2.04 bits per heavy atom. The molecule has 1 aliphatic rings. The number of hydrogen-bond donors (Lipinski definition) is 0. The van der Waals surface area contributed by atoms with Crippen molar-refractivity contribution in [3.8, 4) is 0 Å². The molecule has 0 spiro atoms. The number of alkyl halides is 3. The van der Waals surface area contributed by atoms with E-state index in [0.717, 1.165) is 24.7 Å². The average molecular weight is 411 g/mol. The third-order valence-electron chi connectivity index (χ3n) is 4.77. The maximum absolute atomic E-state index is 12.9. The lowest BCUT2D eigenvalue weighted by molar-refractivity contribution is -0.137. The van der Waals surface area contributed by atoms with Crippen molar-refractivity contribution >= 4 is 21.7 Å². The fourth-order valence-electron chi connectivity index (χ4n) is 3.16. The summed E-state index contributed by atoms with van der Waals surface area (Å²) in [5.41, 5.74) is 0.0770. The summed E-state index contributed by atoms with van der Waals surface area (Å²) in [6, 6.07) is 9.79. The van der Waals surface area contributed by atoms with E-state index >= 15 is 0 Å². The Morgan fingerprint density at radius 2 is 1.54 bits per heavy atom. The van der Waals surface area contributed by atoms with Crippen molar-refractivity contribution in [2.75, 3.05) is 7.05 Å². The molecule has 0 aliphatic carbocycles. The molecule has 0 N–H and O–H groups in total. The third kappa shape index (κ3) is 3.30. The summed E-state index contributed by atoms with van der Waals surface area (Å²) >= 11 is 0. The van der Waals surface area contributed by atoms with E-state index in [4.69, 9.17) is 0 Å². The second kappa shape index (κ2) is 6.73. The second-order valence-electron chi connectivity index (χ2n) is 6.60. The molecular formula is C19H16F3NO4S. The van der Waals surface area contributed by atoms with Crippen molar-refractivity contribution in [2.24, 2.45) is 0 Å². The number of hydrogen-bond acceptors (Lipinski definition) is 4. The van der Waals surface area contributed by atoms with Gasteiger partial charge in [-0.3, -0.25) is 9.59 Å². The van der Waals surface area contributed by atoms with Crippen molar-refractivity contribution in [3.05, 3.63) is 70.8 Å². The van der Waals surface area contributed by atoms with Gasteiger partial charge < -0.3 is 0 Å². The Hall–Kier alpha value is -2.68. The van der Waals surface area contributed by atoms with Crippen molar-refractivity contribution < 1.29 is 31.2 Å². The number of likely N-dealkylation sites (N-methyl/N-ethyl adjacent to an activating group) is 1. The molecule has 1 amide bonds. The fraction of sp³-hybridized carbons (Fsp3) is 0.263. The molecule has 0 bridgehead atoms. The molecule has 2 atom stereocenters. The summed E-state index contributed by atoms with van der Waals surface area (Å²) < 4.78 is 64.1. The molecule has 1 aliphatic heterocycles. The minimum Gasteiger partial charge on any atom is -0.293 e. The predicted octanol–water partition coefficient (Wildman–Crippen LogP) is 3.15. The number of aryl methyl sites for hydroxylation is 1. The smallest absolute Gasteiger partial charge is 0.293 e. The van der Waals surface area contributed by atoms with Gasteiger partial charge in [0, 0.05) is 12.6 Å². The average Bonchev–Trinajstić information content (AvgIpc) is 2.81. The Bertz CT molecular complexity index is 1030. The summed E-state index contributed by atoms with van der Waals surface area (Å²) in [5.74, 6) is -2.93. The lowest BCUT2D eigenvalue weighted by Crippen LogP contribution is -2.33. The molecule has 0 saturated carbocycles. The first-order valence-electron chi connectivity index (χ1n) is 8.24. The van der Waals surface area contributed by atoms with E-state index in [9.17, 15) is 31.2 Å². The van der Waals surface area contributed by atoms with Gasteiger partial charge in [-0.1, -0.05) is 42.0 Å². The number of sulfonamides is 1. The first-order valence-corrected chi connectivity index (χ1v) is 9.74. The van der Waals surface area contributed by atoms with Crippen LogP contribution in [-0.4, -0.2) is 36.7 Å². The monoisotopic (exact) mass is 411 g/mol. The van der Waals surface area contributed by atoms with Crippen LogP contribution in [-0.2, 0) is 21.0 Å². The van der Waals surface area contributed by atoms with Gasteiger partial charge in [-0.15, -0.1) is 0 Å². The van der Waals surface area contributed by atoms with E-state index in [-0.39, 0.29) is 5.56 Å². The van der Waals surface area contributed by atoms with E-state index in [2.05, 4.69) is 0 Å². The Labute approximate surface area is 159 Å². The lowest BCUT2D eigenvalue weighted by Gasteiger charge is -2.16. The van der Waals surface area contributed by atoms with Crippen molar-refractivity contribution in [1.82, 2.24) is 4.31 Å². The maximum Gasteiger partial charge on any atom is 0.416 e. The van der Waals surface area contributed by atoms with Crippen molar-refractivity contribution in [1.29, 1.82) is 0 Å². The van der Waals surface area contributed by atoms with Crippen LogP contribution in [0, 0.1) is 6.92 Å². The fourth-order valence-corrected chi connectivity index (χ4v) is 4.89. The molecular weight excluding hydrogens is 395 g/mol. The molecule has 2 aromatic carbocycles. The van der Waals surface area contributed by atoms with Crippen LogP contribution in [0.1, 0.15) is 33.0 Å². The number of carbonyl (C=O) groups is 2. The molecule has 148 valence electrons. The van der Waals surface area contributed by atoms with E-state index in [0.29, 0.717) is 22.0 Å². The molecule has 28 heavy (non-hydrogen) atoms. The Balaban J connectivity index is 2.06. The van der Waals surface area contributed by atoms with Crippen LogP contribution in [0.15, 0.2) is 48.5 Å². The van der Waals surface area contributed by atoms with Gasteiger partial charge in [0.1, 0.15) is 0 Å². The van der Waals surface area contributed by atoms with E-state index in [1.165, 1.54) is 0 Å². The van der Waals surface area contributed by atoms with E-state index in [1.807, 2.05) is 6.92 Å². The van der Waals surface area contributed by atoms with E-state index < -0.39 is 44.6 Å². The Kier molecular flexibility index (Phi) is 4.82. The minimum atomic E-state index is -4.58. The summed E-state index contributed by atoms with van der Waals surface area (Å²) in [7, 11) is -3.23.